The second kappa shape index (κ2) is 10.7. The summed E-state index contributed by atoms with van der Waals surface area (Å²) < 4.78 is 36.5. The van der Waals surface area contributed by atoms with Gasteiger partial charge in [-0.1, -0.05) is 30.3 Å². The van der Waals surface area contributed by atoms with Gasteiger partial charge in [0.1, 0.15) is 6.61 Å². The van der Waals surface area contributed by atoms with Crippen LogP contribution in [0.1, 0.15) is 18.4 Å². The molecule has 0 heterocycles. The van der Waals surface area contributed by atoms with Crippen molar-refractivity contribution in [2.24, 2.45) is 0 Å². The minimum absolute atomic E-state index is 0.146. The Kier molecular flexibility index (Phi) is 8.33. The number of para-hydroxylation sites is 3. The van der Waals surface area contributed by atoms with Gasteiger partial charge >= 0.3 is 0 Å². The van der Waals surface area contributed by atoms with Crippen molar-refractivity contribution in [1.29, 1.82) is 0 Å². The molecule has 2 aromatic rings. The van der Waals surface area contributed by atoms with Crippen molar-refractivity contribution in [1.82, 2.24) is 5.32 Å². The Morgan fingerprint density at radius 1 is 1.07 bits per heavy atom. The Morgan fingerprint density at radius 3 is 2.38 bits per heavy atom. The van der Waals surface area contributed by atoms with Crippen molar-refractivity contribution in [3.8, 4) is 11.5 Å². The van der Waals surface area contributed by atoms with Gasteiger partial charge in [-0.25, -0.2) is 8.42 Å². The topological polar surface area (TPSA) is 84.9 Å². The minimum atomic E-state index is -3.43. The van der Waals surface area contributed by atoms with E-state index in [2.05, 4.69) is 5.32 Å². The van der Waals surface area contributed by atoms with E-state index in [-0.39, 0.29) is 18.9 Å². The predicted molar refractivity (Wildman–Crippen MR) is 114 cm³/mol. The SMILES string of the molecule is COc1ccccc1OCCNC(=O)CCCN(c1ccccc1C)S(C)(=O)=O. The molecule has 1 amide bonds. The van der Waals surface area contributed by atoms with Crippen LogP contribution in [0.4, 0.5) is 5.69 Å². The molecule has 0 saturated carbocycles. The molecule has 0 fully saturated rings. The number of carbonyl (C=O) groups excluding carboxylic acids is 1. The molecule has 2 aromatic carbocycles. The third kappa shape index (κ3) is 6.98. The van der Waals surface area contributed by atoms with Crippen LogP contribution in [0.15, 0.2) is 48.5 Å². The second-order valence-electron chi connectivity index (χ2n) is 6.57. The number of sulfonamides is 1. The van der Waals surface area contributed by atoms with Crippen LogP contribution in [0, 0.1) is 6.92 Å². The van der Waals surface area contributed by atoms with Crippen LogP contribution in [0.3, 0.4) is 0 Å². The normalized spacial score (nSPS) is 11.0. The highest BCUT2D eigenvalue weighted by molar-refractivity contribution is 7.92. The largest absolute Gasteiger partial charge is 0.493 e. The molecule has 0 aromatic heterocycles. The molecule has 8 heteroatoms. The van der Waals surface area contributed by atoms with Crippen LogP contribution in [0.5, 0.6) is 11.5 Å². The predicted octanol–water partition coefficient (Wildman–Crippen LogP) is 2.75. The van der Waals surface area contributed by atoms with Crippen molar-refractivity contribution in [2.75, 3.05) is 37.4 Å². The lowest BCUT2D eigenvalue weighted by atomic mass is 10.2. The lowest BCUT2D eigenvalue weighted by molar-refractivity contribution is -0.121. The van der Waals surface area contributed by atoms with Crippen molar-refractivity contribution in [3.63, 3.8) is 0 Å². The summed E-state index contributed by atoms with van der Waals surface area (Å²) in [4.78, 5) is 12.1. The van der Waals surface area contributed by atoms with E-state index in [1.807, 2.05) is 31.2 Å². The number of aryl methyl sites for hydroxylation is 1. The summed E-state index contributed by atoms with van der Waals surface area (Å²) in [7, 11) is -1.86. The van der Waals surface area contributed by atoms with E-state index in [0.717, 1.165) is 5.56 Å². The maximum Gasteiger partial charge on any atom is 0.232 e. The molecule has 0 unspecified atom stereocenters. The van der Waals surface area contributed by atoms with Crippen molar-refractivity contribution in [3.05, 3.63) is 54.1 Å². The van der Waals surface area contributed by atoms with Crippen molar-refractivity contribution >= 4 is 21.6 Å². The molecular formula is C21H28N2O5S. The van der Waals surface area contributed by atoms with Gasteiger partial charge in [-0.05, 0) is 37.1 Å². The Hall–Kier alpha value is -2.74. The number of benzene rings is 2. The molecular weight excluding hydrogens is 392 g/mol. The molecule has 0 aliphatic carbocycles. The molecule has 0 radical (unpaired) electrons. The van der Waals surface area contributed by atoms with E-state index >= 15 is 0 Å². The number of carbonyl (C=O) groups is 1. The van der Waals surface area contributed by atoms with Gasteiger partial charge in [0.25, 0.3) is 0 Å². The standard InChI is InChI=1S/C21H28N2O5S/c1-17-9-4-5-10-18(17)23(29(3,25)26)15-8-13-21(24)22-14-16-28-20-12-7-6-11-19(20)27-2/h4-7,9-12H,8,13-16H2,1-3H3,(H,22,24). The number of rotatable bonds is 11. The number of anilines is 1. The van der Waals surface area contributed by atoms with Crippen LogP contribution < -0.4 is 19.1 Å². The summed E-state index contributed by atoms with van der Waals surface area (Å²) >= 11 is 0. The van der Waals surface area contributed by atoms with Gasteiger partial charge in [-0.3, -0.25) is 9.10 Å². The maximum atomic E-state index is 12.2. The van der Waals surface area contributed by atoms with E-state index in [0.29, 0.717) is 36.8 Å². The zero-order valence-electron chi connectivity index (χ0n) is 17.1. The highest BCUT2D eigenvalue weighted by Gasteiger charge is 2.19. The average Bonchev–Trinajstić information content (AvgIpc) is 2.69. The Balaban J connectivity index is 1.77. The summed E-state index contributed by atoms with van der Waals surface area (Å²) in [6.07, 6.45) is 1.82. The summed E-state index contributed by atoms with van der Waals surface area (Å²) in [5, 5.41) is 2.78. The summed E-state index contributed by atoms with van der Waals surface area (Å²) in [5.41, 5.74) is 1.51. The van der Waals surface area contributed by atoms with Crippen LogP contribution in [0.2, 0.25) is 0 Å². The van der Waals surface area contributed by atoms with E-state index in [1.54, 1.807) is 31.4 Å². The van der Waals surface area contributed by atoms with Gasteiger partial charge in [0.05, 0.1) is 25.6 Å². The second-order valence-corrected chi connectivity index (χ2v) is 8.48. The Labute approximate surface area is 172 Å². The molecule has 0 aliphatic rings. The number of ether oxygens (including phenoxy) is 2. The third-order valence-corrected chi connectivity index (χ3v) is 5.48. The first-order chi connectivity index (χ1) is 13.8. The van der Waals surface area contributed by atoms with Crippen LogP contribution in [-0.4, -0.2) is 47.4 Å². The molecule has 7 nitrogen and oxygen atoms in total. The van der Waals surface area contributed by atoms with Gasteiger partial charge in [0.2, 0.25) is 15.9 Å². The van der Waals surface area contributed by atoms with E-state index in [1.165, 1.54) is 10.6 Å². The van der Waals surface area contributed by atoms with Gasteiger partial charge in [0, 0.05) is 13.0 Å². The first-order valence-corrected chi connectivity index (χ1v) is 11.2. The van der Waals surface area contributed by atoms with Gasteiger partial charge < -0.3 is 14.8 Å². The summed E-state index contributed by atoms with van der Waals surface area (Å²) in [5.74, 6) is 1.11. The average molecular weight is 421 g/mol. The zero-order chi connectivity index (χ0) is 21.3. The number of nitrogens with one attached hydrogen (secondary N) is 1. The maximum absolute atomic E-state index is 12.2. The first-order valence-electron chi connectivity index (χ1n) is 9.39. The molecule has 29 heavy (non-hydrogen) atoms. The summed E-state index contributed by atoms with van der Waals surface area (Å²) in [6.45, 7) is 2.77. The monoisotopic (exact) mass is 420 g/mol. The highest BCUT2D eigenvalue weighted by atomic mass is 32.2. The fraction of sp³-hybridized carbons (Fsp3) is 0.381. The molecule has 0 spiro atoms. The Morgan fingerprint density at radius 2 is 1.72 bits per heavy atom. The van der Waals surface area contributed by atoms with Gasteiger partial charge in [-0.2, -0.15) is 0 Å². The lowest BCUT2D eigenvalue weighted by Crippen LogP contribution is -2.33. The molecule has 158 valence electrons. The van der Waals surface area contributed by atoms with Crippen LogP contribution in [0.25, 0.3) is 0 Å². The molecule has 0 aliphatic heterocycles. The first kappa shape index (κ1) is 22.5. The fourth-order valence-corrected chi connectivity index (χ4v) is 3.89. The van der Waals surface area contributed by atoms with Crippen molar-refractivity contribution < 1.29 is 22.7 Å². The van der Waals surface area contributed by atoms with Gasteiger partial charge in [-0.15, -0.1) is 0 Å². The summed E-state index contributed by atoms with van der Waals surface area (Å²) in [6, 6.07) is 14.6. The number of amides is 1. The third-order valence-electron chi connectivity index (χ3n) is 4.30. The molecule has 0 saturated heterocycles. The fourth-order valence-electron chi connectivity index (χ4n) is 2.87. The van der Waals surface area contributed by atoms with E-state index < -0.39 is 10.0 Å². The molecule has 0 bridgehead atoms. The quantitative estimate of drug-likeness (QED) is 0.565. The zero-order valence-corrected chi connectivity index (χ0v) is 17.9. The van der Waals surface area contributed by atoms with Crippen LogP contribution in [-0.2, 0) is 14.8 Å². The number of hydrogen-bond acceptors (Lipinski definition) is 5. The lowest BCUT2D eigenvalue weighted by Gasteiger charge is -2.24. The van der Waals surface area contributed by atoms with Gasteiger partial charge in [0.15, 0.2) is 11.5 Å². The van der Waals surface area contributed by atoms with Crippen LogP contribution >= 0.6 is 0 Å². The number of methoxy groups -OCH3 is 1. The molecule has 2 rings (SSSR count). The number of nitrogens with zero attached hydrogens (tertiary/aromatic N) is 1. The van der Waals surface area contributed by atoms with E-state index in [4.69, 9.17) is 9.47 Å². The highest BCUT2D eigenvalue weighted by Crippen LogP contribution is 2.25. The molecule has 1 N–H and O–H groups in total. The number of hydrogen-bond donors (Lipinski definition) is 1. The smallest absolute Gasteiger partial charge is 0.232 e. The molecule has 0 atom stereocenters. The minimum Gasteiger partial charge on any atom is -0.493 e. The van der Waals surface area contributed by atoms with Crippen molar-refractivity contribution in [2.45, 2.75) is 19.8 Å². The Bertz CT molecular complexity index is 915. The van der Waals surface area contributed by atoms with E-state index in [9.17, 15) is 13.2 Å².